The fourth-order valence-electron chi connectivity index (χ4n) is 3.11. The largest absolute Gasteiger partial charge is 0.360 e. The van der Waals surface area contributed by atoms with Crippen molar-refractivity contribution in [2.45, 2.75) is 12.8 Å². The summed E-state index contributed by atoms with van der Waals surface area (Å²) >= 11 is 0. The van der Waals surface area contributed by atoms with E-state index in [0.717, 1.165) is 12.8 Å². The average molecular weight is 361 g/mol. The van der Waals surface area contributed by atoms with E-state index in [1.807, 2.05) is 23.1 Å². The van der Waals surface area contributed by atoms with E-state index in [1.54, 1.807) is 22.8 Å². The minimum Gasteiger partial charge on any atom is -0.360 e. The number of pyridine rings is 1. The Morgan fingerprint density at radius 3 is 2.81 bits per heavy atom. The van der Waals surface area contributed by atoms with E-state index < -0.39 is 0 Å². The molecule has 0 bridgehead atoms. The van der Waals surface area contributed by atoms with Crippen LogP contribution in [0.3, 0.4) is 0 Å². The molecule has 0 unspecified atom stereocenters. The fraction of sp³-hybridized carbons (Fsp3) is 0.316. The van der Waals surface area contributed by atoms with Gasteiger partial charge in [0.1, 0.15) is 11.5 Å². The van der Waals surface area contributed by atoms with Crippen LogP contribution < -0.4 is 5.32 Å². The van der Waals surface area contributed by atoms with Gasteiger partial charge in [-0.3, -0.25) is 9.78 Å². The SMILES string of the molecule is C#CC1CCN(C(=O)CNc2ccc3nnc(-c4ccccn4)n3n2)CC1. The molecule has 0 radical (unpaired) electrons. The summed E-state index contributed by atoms with van der Waals surface area (Å²) in [5.41, 5.74) is 1.30. The van der Waals surface area contributed by atoms with Gasteiger partial charge in [0.25, 0.3) is 0 Å². The van der Waals surface area contributed by atoms with E-state index in [1.165, 1.54) is 0 Å². The normalized spacial score (nSPS) is 14.9. The van der Waals surface area contributed by atoms with Crippen molar-refractivity contribution in [1.29, 1.82) is 0 Å². The molecule has 1 N–H and O–H groups in total. The molecule has 0 spiro atoms. The van der Waals surface area contributed by atoms with Crippen LogP contribution in [0.25, 0.3) is 17.2 Å². The Hall–Kier alpha value is -3.47. The molecule has 4 heterocycles. The van der Waals surface area contributed by atoms with Crippen molar-refractivity contribution in [1.82, 2.24) is 29.7 Å². The highest BCUT2D eigenvalue weighted by atomic mass is 16.2. The predicted molar refractivity (Wildman–Crippen MR) is 101 cm³/mol. The number of anilines is 1. The molecule has 8 heteroatoms. The van der Waals surface area contributed by atoms with Gasteiger partial charge in [0.2, 0.25) is 11.7 Å². The lowest BCUT2D eigenvalue weighted by atomic mass is 9.98. The Balaban J connectivity index is 1.45. The van der Waals surface area contributed by atoms with Crippen LogP contribution in [0, 0.1) is 18.3 Å². The molecule has 3 aromatic rings. The number of amides is 1. The topological polar surface area (TPSA) is 88.3 Å². The van der Waals surface area contributed by atoms with E-state index >= 15 is 0 Å². The lowest BCUT2D eigenvalue weighted by molar-refractivity contribution is -0.130. The third kappa shape index (κ3) is 3.58. The van der Waals surface area contributed by atoms with Crippen molar-refractivity contribution < 1.29 is 4.79 Å². The molecule has 0 atom stereocenters. The highest BCUT2D eigenvalue weighted by molar-refractivity contribution is 5.80. The number of terminal acetylenes is 1. The summed E-state index contributed by atoms with van der Waals surface area (Å²) in [5, 5.41) is 15.9. The van der Waals surface area contributed by atoms with Crippen LogP contribution in [0.5, 0.6) is 0 Å². The number of rotatable bonds is 4. The van der Waals surface area contributed by atoms with Gasteiger partial charge in [-0.25, -0.2) is 0 Å². The summed E-state index contributed by atoms with van der Waals surface area (Å²) in [6, 6.07) is 9.15. The molecule has 0 saturated carbocycles. The quantitative estimate of drug-likeness (QED) is 0.708. The second-order valence-electron chi connectivity index (χ2n) is 6.40. The van der Waals surface area contributed by atoms with Crippen LogP contribution >= 0.6 is 0 Å². The zero-order valence-corrected chi connectivity index (χ0v) is 14.7. The smallest absolute Gasteiger partial charge is 0.241 e. The van der Waals surface area contributed by atoms with Crippen molar-refractivity contribution in [2.75, 3.05) is 25.0 Å². The molecule has 1 fully saturated rings. The van der Waals surface area contributed by atoms with Crippen LogP contribution in [0.1, 0.15) is 12.8 Å². The number of hydrogen-bond donors (Lipinski definition) is 1. The Bertz CT molecular complexity index is 984. The number of nitrogens with one attached hydrogen (secondary N) is 1. The van der Waals surface area contributed by atoms with Gasteiger partial charge >= 0.3 is 0 Å². The summed E-state index contributed by atoms with van der Waals surface area (Å²) in [7, 11) is 0. The van der Waals surface area contributed by atoms with Crippen molar-refractivity contribution in [2.24, 2.45) is 5.92 Å². The van der Waals surface area contributed by atoms with E-state index in [-0.39, 0.29) is 18.4 Å². The van der Waals surface area contributed by atoms with E-state index in [2.05, 4.69) is 31.5 Å². The Morgan fingerprint density at radius 2 is 2.07 bits per heavy atom. The highest BCUT2D eigenvalue weighted by Gasteiger charge is 2.21. The van der Waals surface area contributed by atoms with Crippen LogP contribution in [0.2, 0.25) is 0 Å². The lowest BCUT2D eigenvalue weighted by Gasteiger charge is -2.29. The van der Waals surface area contributed by atoms with Gasteiger partial charge in [-0.05, 0) is 37.1 Å². The maximum Gasteiger partial charge on any atom is 0.241 e. The van der Waals surface area contributed by atoms with Crippen molar-refractivity contribution in [3.8, 4) is 23.9 Å². The van der Waals surface area contributed by atoms with Gasteiger partial charge in [0, 0.05) is 25.2 Å². The van der Waals surface area contributed by atoms with Crippen LogP contribution in [-0.2, 0) is 4.79 Å². The maximum atomic E-state index is 12.4. The minimum atomic E-state index is 0.0427. The first-order chi connectivity index (χ1) is 13.2. The van der Waals surface area contributed by atoms with E-state index in [0.29, 0.717) is 36.1 Å². The van der Waals surface area contributed by atoms with Crippen molar-refractivity contribution >= 4 is 17.4 Å². The Morgan fingerprint density at radius 1 is 1.22 bits per heavy atom. The third-order valence-corrected chi connectivity index (χ3v) is 4.66. The van der Waals surface area contributed by atoms with Crippen LogP contribution in [-0.4, -0.2) is 55.2 Å². The molecule has 1 saturated heterocycles. The van der Waals surface area contributed by atoms with Gasteiger partial charge in [-0.1, -0.05) is 6.07 Å². The van der Waals surface area contributed by atoms with Crippen LogP contribution in [0.4, 0.5) is 5.82 Å². The van der Waals surface area contributed by atoms with Crippen LogP contribution in [0.15, 0.2) is 36.5 Å². The summed E-state index contributed by atoms with van der Waals surface area (Å²) < 4.78 is 1.62. The molecule has 27 heavy (non-hydrogen) atoms. The number of hydrogen-bond acceptors (Lipinski definition) is 6. The summed E-state index contributed by atoms with van der Waals surface area (Å²) in [6.07, 6.45) is 8.88. The zero-order chi connectivity index (χ0) is 18.6. The molecular formula is C19H19N7O. The minimum absolute atomic E-state index is 0.0427. The van der Waals surface area contributed by atoms with Gasteiger partial charge in [-0.15, -0.1) is 27.6 Å². The van der Waals surface area contributed by atoms with Crippen molar-refractivity contribution in [3.05, 3.63) is 36.5 Å². The van der Waals surface area contributed by atoms with Gasteiger partial charge in [0.05, 0.1) is 6.54 Å². The molecule has 1 aliphatic rings. The number of carbonyl (C=O) groups excluding carboxylic acids is 1. The van der Waals surface area contributed by atoms with Gasteiger partial charge in [-0.2, -0.15) is 4.52 Å². The Kier molecular flexibility index (Phi) is 4.66. The molecule has 1 aliphatic heterocycles. The number of aromatic nitrogens is 5. The Labute approximate surface area is 156 Å². The molecule has 0 aliphatic carbocycles. The summed E-state index contributed by atoms with van der Waals surface area (Å²) in [5.74, 6) is 4.22. The van der Waals surface area contributed by atoms with E-state index in [9.17, 15) is 4.79 Å². The number of likely N-dealkylation sites (tertiary alicyclic amines) is 1. The third-order valence-electron chi connectivity index (χ3n) is 4.66. The standard InChI is InChI=1S/C19H19N7O/c1-2-14-8-11-25(12-9-14)18(27)13-21-16-6-7-17-22-23-19(26(17)24-16)15-5-3-4-10-20-15/h1,3-7,10,14H,8-9,11-13H2,(H,21,24). The first-order valence-electron chi connectivity index (χ1n) is 8.86. The highest BCUT2D eigenvalue weighted by Crippen LogP contribution is 2.17. The molecule has 136 valence electrons. The summed E-state index contributed by atoms with van der Waals surface area (Å²) in [4.78, 5) is 18.5. The zero-order valence-electron chi connectivity index (χ0n) is 14.7. The number of piperidine rings is 1. The maximum absolute atomic E-state index is 12.4. The number of carbonyl (C=O) groups is 1. The molecule has 3 aromatic heterocycles. The molecule has 8 nitrogen and oxygen atoms in total. The number of nitrogens with zero attached hydrogens (tertiary/aromatic N) is 6. The molecule has 1 amide bonds. The van der Waals surface area contributed by atoms with Crippen molar-refractivity contribution in [3.63, 3.8) is 0 Å². The first kappa shape index (κ1) is 17.0. The lowest BCUT2D eigenvalue weighted by Crippen LogP contribution is -2.41. The summed E-state index contributed by atoms with van der Waals surface area (Å²) in [6.45, 7) is 1.59. The second-order valence-corrected chi connectivity index (χ2v) is 6.40. The van der Waals surface area contributed by atoms with E-state index in [4.69, 9.17) is 6.42 Å². The molecule has 0 aromatic carbocycles. The molecule has 4 rings (SSSR count). The van der Waals surface area contributed by atoms with Gasteiger partial charge in [0.15, 0.2) is 5.65 Å². The second kappa shape index (κ2) is 7.41. The monoisotopic (exact) mass is 361 g/mol. The number of fused-ring (bicyclic) bond motifs is 1. The first-order valence-corrected chi connectivity index (χ1v) is 8.86. The predicted octanol–water partition coefficient (Wildman–Crippen LogP) is 1.47. The average Bonchev–Trinajstić information content (AvgIpc) is 3.16. The van der Waals surface area contributed by atoms with Gasteiger partial charge < -0.3 is 10.2 Å². The molecular weight excluding hydrogens is 342 g/mol. The fourth-order valence-corrected chi connectivity index (χ4v) is 3.11.